The van der Waals surface area contributed by atoms with Crippen LogP contribution >= 0.6 is 28.4 Å². The molecule has 38 heavy (non-hydrogen) atoms. The number of benzene rings is 2. The first-order valence-electron chi connectivity index (χ1n) is 11.1. The monoisotopic (exact) mass is 774 g/mol. The summed E-state index contributed by atoms with van der Waals surface area (Å²) in [5, 5.41) is 19.0. The van der Waals surface area contributed by atoms with Gasteiger partial charge >= 0.3 is 204 Å². The second kappa shape index (κ2) is 12.7. The third-order valence-corrected chi connectivity index (χ3v) is 18.1. The summed E-state index contributed by atoms with van der Waals surface area (Å²) in [6, 6.07) is 17.2. The Bertz CT molecular complexity index is 1530. The van der Waals surface area contributed by atoms with Crippen molar-refractivity contribution in [3.63, 3.8) is 0 Å². The molecule has 0 amide bonds. The Balaban J connectivity index is 1.48. The van der Waals surface area contributed by atoms with E-state index < -0.39 is 31.8 Å². The van der Waals surface area contributed by atoms with Gasteiger partial charge in [-0.05, 0) is 19.9 Å². The summed E-state index contributed by atoms with van der Waals surface area (Å²) in [5.41, 5.74) is 3.99. The molecule has 10 nitrogen and oxygen atoms in total. The Hall–Kier alpha value is -2.32. The van der Waals surface area contributed by atoms with Crippen LogP contribution in [0.15, 0.2) is 90.1 Å². The zero-order valence-electron chi connectivity index (χ0n) is 20.6. The van der Waals surface area contributed by atoms with E-state index in [0.29, 0.717) is 28.4 Å². The molecule has 0 saturated carbocycles. The van der Waals surface area contributed by atoms with Crippen LogP contribution in [0.2, 0.25) is 0 Å². The molecule has 2 N–H and O–H groups in total. The summed E-state index contributed by atoms with van der Waals surface area (Å²) < 4.78 is 32.9. The van der Waals surface area contributed by atoms with E-state index in [2.05, 4.69) is 29.4 Å². The molecule has 1 aromatic heterocycles. The number of para-hydroxylation sites is 1. The number of rotatable bonds is 9. The molecular formula is C23H21ClHgN8O2S3. The number of hydrogen-bond donors (Lipinski definition) is 2. The molecule has 0 atom stereocenters. The molecular weight excluding hydrogens is 753 g/mol. The van der Waals surface area contributed by atoms with Gasteiger partial charge in [-0.3, -0.25) is 0 Å². The number of sulfonamides is 1. The predicted molar refractivity (Wildman–Crippen MR) is 151 cm³/mol. The molecule has 0 unspecified atom stereocenters. The first-order valence-corrected chi connectivity index (χ1v) is 27.9. The molecule has 0 saturated heterocycles. The second-order valence-corrected chi connectivity index (χ2v) is 23.2. The zero-order chi connectivity index (χ0) is 27.3. The minimum absolute atomic E-state index is 0.0212. The van der Waals surface area contributed by atoms with Crippen LogP contribution in [0.1, 0.15) is 18.3 Å². The van der Waals surface area contributed by atoms with E-state index in [4.69, 9.17) is 13.7 Å². The van der Waals surface area contributed by atoms with Gasteiger partial charge in [-0.2, -0.15) is 0 Å². The van der Waals surface area contributed by atoms with Gasteiger partial charge in [-0.15, -0.1) is 0 Å². The third-order valence-electron chi connectivity index (χ3n) is 5.09. The summed E-state index contributed by atoms with van der Waals surface area (Å²) in [6.07, 6.45) is 0. The van der Waals surface area contributed by atoms with Crippen LogP contribution in [0.25, 0.3) is 0 Å². The number of amidine groups is 1. The Labute approximate surface area is 243 Å². The van der Waals surface area contributed by atoms with Crippen LogP contribution in [0.5, 0.6) is 0 Å². The average molecular weight is 774 g/mol. The fourth-order valence-electron chi connectivity index (χ4n) is 3.47. The van der Waals surface area contributed by atoms with Crippen molar-refractivity contribution >= 4 is 67.3 Å². The topological polar surface area (TPSA) is 136 Å². The molecule has 15 heteroatoms. The average Bonchev–Trinajstić information content (AvgIpc) is 3.17. The van der Waals surface area contributed by atoms with Crippen molar-refractivity contribution in [1.29, 1.82) is 5.41 Å². The quantitative estimate of drug-likeness (QED) is 0.142. The molecule has 0 fully saturated rings. The number of aryl methyl sites for hydroxylation is 2. The van der Waals surface area contributed by atoms with Crippen molar-refractivity contribution in [3.8, 4) is 0 Å². The first kappa shape index (κ1) is 28.7. The SMILES string of the molecule is CC1=NN(c2ccccc2)C(=N)/C1=C(\SN=Nc1ccc(S(=O)(=O)Nc2nc(C)cc(C)n2)cc1)[S][Hg][Cl]. The number of halogens is 1. The van der Waals surface area contributed by atoms with E-state index in [1.807, 2.05) is 37.3 Å². The van der Waals surface area contributed by atoms with Crippen molar-refractivity contribution in [3.05, 3.63) is 81.9 Å². The third kappa shape index (κ3) is 7.00. The van der Waals surface area contributed by atoms with Gasteiger partial charge in [0, 0.05) is 11.4 Å². The Morgan fingerprint density at radius 1 is 1.05 bits per heavy atom. The number of nitrogens with one attached hydrogen (secondary N) is 2. The van der Waals surface area contributed by atoms with E-state index in [1.54, 1.807) is 45.3 Å². The molecule has 4 rings (SSSR count). The van der Waals surface area contributed by atoms with E-state index >= 15 is 0 Å². The van der Waals surface area contributed by atoms with Gasteiger partial charge < -0.3 is 0 Å². The maximum absolute atomic E-state index is 12.7. The molecule has 1 aliphatic rings. The molecule has 3 aromatic rings. The van der Waals surface area contributed by atoms with Crippen molar-refractivity contribution in [2.75, 3.05) is 9.73 Å². The Morgan fingerprint density at radius 3 is 2.34 bits per heavy atom. The van der Waals surface area contributed by atoms with E-state index in [1.165, 1.54) is 12.1 Å². The number of aromatic nitrogens is 2. The van der Waals surface area contributed by atoms with Crippen LogP contribution < -0.4 is 9.73 Å². The van der Waals surface area contributed by atoms with Crippen molar-refractivity contribution in [1.82, 2.24) is 9.97 Å². The van der Waals surface area contributed by atoms with Gasteiger partial charge in [-0.25, -0.2) is 9.97 Å². The summed E-state index contributed by atoms with van der Waals surface area (Å²) in [7, 11) is 3.91. The molecule has 2 aromatic carbocycles. The Kier molecular flexibility index (Phi) is 9.57. The van der Waals surface area contributed by atoms with Gasteiger partial charge in [0.2, 0.25) is 0 Å². The standard InChI is InChI=1S/C23H22N8O2S3.ClH.Hg/c1-14-13-15(2)26-23(25-14)29-36(32,33)19-11-9-17(10-12-19)27-30-35-22(34)20-16(3)28-31(21(20)24)18-7-5-4-6-8-18;;/h4-13,24,34H,1-3H3,(H,25,26,29);1H;/q;;+2/p-2/b22-20-,24-21?,30-27?;;. The molecule has 192 valence electrons. The van der Waals surface area contributed by atoms with E-state index in [9.17, 15) is 8.42 Å². The Morgan fingerprint density at radius 2 is 1.71 bits per heavy atom. The number of anilines is 2. The molecule has 2 heterocycles. The van der Waals surface area contributed by atoms with Gasteiger partial charge in [0.25, 0.3) is 0 Å². The maximum atomic E-state index is 12.7. The van der Waals surface area contributed by atoms with Gasteiger partial charge in [0.1, 0.15) is 0 Å². The fourth-order valence-corrected chi connectivity index (χ4v) is 16.6. The summed E-state index contributed by atoms with van der Waals surface area (Å²) in [4.78, 5) is 8.30. The molecule has 0 aliphatic carbocycles. The van der Waals surface area contributed by atoms with Gasteiger partial charge in [0.15, 0.2) is 0 Å². The number of hydrogen-bond acceptors (Lipinski definition) is 10. The van der Waals surface area contributed by atoms with Crippen molar-refractivity contribution in [2.24, 2.45) is 14.7 Å². The molecule has 0 radical (unpaired) electrons. The van der Waals surface area contributed by atoms with Crippen LogP contribution in [-0.2, 0) is 31.8 Å². The van der Waals surface area contributed by atoms with Crippen LogP contribution in [-0.4, -0.2) is 29.9 Å². The summed E-state index contributed by atoms with van der Waals surface area (Å²) in [6.45, 7) is 5.39. The van der Waals surface area contributed by atoms with E-state index in [0.717, 1.165) is 21.9 Å². The van der Waals surface area contributed by atoms with E-state index in [-0.39, 0.29) is 16.7 Å². The summed E-state index contributed by atoms with van der Waals surface area (Å²) >= 11 is -0.591. The molecule has 0 spiro atoms. The van der Waals surface area contributed by atoms with Crippen molar-refractivity contribution in [2.45, 2.75) is 25.7 Å². The van der Waals surface area contributed by atoms with Crippen LogP contribution in [0, 0.1) is 19.3 Å². The molecule has 1 aliphatic heterocycles. The second-order valence-electron chi connectivity index (χ2n) is 7.94. The summed E-state index contributed by atoms with van der Waals surface area (Å²) in [5.74, 6) is 0.278. The van der Waals surface area contributed by atoms with Gasteiger partial charge in [-0.1, -0.05) is 0 Å². The first-order chi connectivity index (χ1) is 18.2. The normalized spacial score (nSPS) is 15.0. The minimum atomic E-state index is -3.87. The van der Waals surface area contributed by atoms with Gasteiger partial charge in [0.05, 0.1) is 0 Å². The van der Waals surface area contributed by atoms with Crippen molar-refractivity contribution < 1.29 is 30.2 Å². The number of hydrazone groups is 1. The fraction of sp³-hybridized carbons (Fsp3) is 0.130. The number of nitrogens with zero attached hydrogens (tertiary/aromatic N) is 6. The predicted octanol–water partition coefficient (Wildman–Crippen LogP) is 6.60. The van der Waals surface area contributed by atoms with Crippen LogP contribution in [0.3, 0.4) is 0 Å². The molecule has 0 bridgehead atoms. The zero-order valence-corrected chi connectivity index (χ0v) is 29.3. The van der Waals surface area contributed by atoms with Crippen LogP contribution in [0.4, 0.5) is 17.3 Å².